The highest BCUT2D eigenvalue weighted by atomic mass is 16.5. The summed E-state index contributed by atoms with van der Waals surface area (Å²) in [4.78, 5) is 34.1. The van der Waals surface area contributed by atoms with E-state index in [4.69, 9.17) is 4.74 Å². The molecule has 2 heterocycles. The Morgan fingerprint density at radius 1 is 1.14 bits per heavy atom. The molecule has 1 aromatic carbocycles. The number of hydrogen-bond donors (Lipinski definition) is 0. The number of pyridine rings is 1. The fraction of sp³-hybridized carbons (Fsp3) is 0.435. The first-order valence-electron chi connectivity index (χ1n) is 10.3. The summed E-state index contributed by atoms with van der Waals surface area (Å²) in [6.45, 7) is 0.737. The van der Waals surface area contributed by atoms with E-state index in [1.165, 1.54) is 0 Å². The second-order valence-corrected chi connectivity index (χ2v) is 7.93. The van der Waals surface area contributed by atoms with Crippen LogP contribution in [0.1, 0.15) is 37.8 Å². The van der Waals surface area contributed by atoms with E-state index in [1.807, 2.05) is 47.4 Å². The molecule has 6 heteroatoms. The highest BCUT2D eigenvalue weighted by Gasteiger charge is 2.48. The first kappa shape index (κ1) is 19.4. The Kier molecular flexibility index (Phi) is 5.51. The summed E-state index contributed by atoms with van der Waals surface area (Å²) in [5, 5.41) is 0. The lowest BCUT2D eigenvalue weighted by Gasteiger charge is -2.49. The van der Waals surface area contributed by atoms with Crippen LogP contribution < -0.4 is 9.64 Å². The van der Waals surface area contributed by atoms with Crippen LogP contribution in [0.2, 0.25) is 0 Å². The van der Waals surface area contributed by atoms with Crippen molar-refractivity contribution in [2.24, 2.45) is 0 Å². The summed E-state index contributed by atoms with van der Waals surface area (Å²) >= 11 is 0. The van der Waals surface area contributed by atoms with Crippen molar-refractivity contribution in [3.63, 3.8) is 0 Å². The number of rotatable bonds is 5. The molecule has 0 bridgehead atoms. The summed E-state index contributed by atoms with van der Waals surface area (Å²) in [6.07, 6.45) is 6.72. The van der Waals surface area contributed by atoms with Gasteiger partial charge in [0.2, 0.25) is 11.8 Å². The molecule has 6 nitrogen and oxygen atoms in total. The Morgan fingerprint density at radius 2 is 1.90 bits per heavy atom. The second kappa shape index (κ2) is 8.23. The SMILES string of the molecule is COc1ccc(N2C(=O)CN(C(=O)CCc3ccccn3)CC23CCCC3)cc1. The number of aryl methyl sites for hydroxylation is 1. The van der Waals surface area contributed by atoms with E-state index >= 15 is 0 Å². The molecule has 29 heavy (non-hydrogen) atoms. The Labute approximate surface area is 171 Å². The van der Waals surface area contributed by atoms with E-state index in [-0.39, 0.29) is 23.9 Å². The molecule has 0 unspecified atom stereocenters. The summed E-state index contributed by atoms with van der Waals surface area (Å²) in [7, 11) is 1.63. The largest absolute Gasteiger partial charge is 0.497 e. The van der Waals surface area contributed by atoms with Crippen molar-refractivity contribution in [2.75, 3.05) is 25.1 Å². The minimum absolute atomic E-state index is 0.00509. The number of anilines is 1. The molecule has 2 aromatic rings. The van der Waals surface area contributed by atoms with E-state index in [1.54, 1.807) is 18.2 Å². The number of amides is 2. The Bertz CT molecular complexity index is 861. The number of nitrogens with zero attached hydrogens (tertiary/aromatic N) is 3. The number of benzene rings is 1. The van der Waals surface area contributed by atoms with E-state index in [0.29, 0.717) is 19.4 Å². The molecular weight excluding hydrogens is 366 g/mol. The van der Waals surface area contributed by atoms with Gasteiger partial charge < -0.3 is 14.5 Å². The minimum atomic E-state index is -0.301. The quantitative estimate of drug-likeness (QED) is 0.783. The van der Waals surface area contributed by atoms with Crippen LogP contribution in [0.4, 0.5) is 5.69 Å². The summed E-state index contributed by atoms with van der Waals surface area (Å²) in [5.74, 6) is 0.796. The molecule has 1 aliphatic heterocycles. The molecule has 0 radical (unpaired) electrons. The lowest BCUT2D eigenvalue weighted by molar-refractivity contribution is -0.139. The van der Waals surface area contributed by atoms with Crippen molar-refractivity contribution in [1.82, 2.24) is 9.88 Å². The molecule has 4 rings (SSSR count). The smallest absolute Gasteiger partial charge is 0.247 e. The van der Waals surface area contributed by atoms with Gasteiger partial charge in [0.15, 0.2) is 0 Å². The van der Waals surface area contributed by atoms with Gasteiger partial charge >= 0.3 is 0 Å². The van der Waals surface area contributed by atoms with Crippen molar-refractivity contribution in [3.8, 4) is 5.75 Å². The normalized spacial score (nSPS) is 18.3. The average molecular weight is 393 g/mol. The van der Waals surface area contributed by atoms with E-state index in [0.717, 1.165) is 42.8 Å². The molecular formula is C23H27N3O3. The molecule has 2 aliphatic rings. The lowest BCUT2D eigenvalue weighted by Crippen LogP contribution is -2.65. The Balaban J connectivity index is 1.51. The molecule has 1 spiro atoms. The van der Waals surface area contributed by atoms with Gasteiger partial charge in [-0.05, 0) is 55.7 Å². The zero-order valence-corrected chi connectivity index (χ0v) is 16.8. The van der Waals surface area contributed by atoms with Gasteiger partial charge in [-0.1, -0.05) is 18.9 Å². The number of carbonyl (C=O) groups is 2. The van der Waals surface area contributed by atoms with Gasteiger partial charge in [-0.2, -0.15) is 0 Å². The topological polar surface area (TPSA) is 62.7 Å². The van der Waals surface area contributed by atoms with Gasteiger partial charge in [0.1, 0.15) is 12.3 Å². The van der Waals surface area contributed by atoms with Gasteiger partial charge in [-0.3, -0.25) is 14.6 Å². The van der Waals surface area contributed by atoms with Crippen LogP contribution in [0.5, 0.6) is 5.75 Å². The molecule has 1 saturated heterocycles. The number of carbonyl (C=O) groups excluding carboxylic acids is 2. The zero-order valence-electron chi connectivity index (χ0n) is 16.8. The monoisotopic (exact) mass is 393 g/mol. The van der Waals surface area contributed by atoms with Crippen LogP contribution in [-0.4, -0.2) is 47.4 Å². The molecule has 2 amide bonds. The van der Waals surface area contributed by atoms with E-state index < -0.39 is 0 Å². The maximum atomic E-state index is 13.2. The second-order valence-electron chi connectivity index (χ2n) is 7.93. The molecule has 1 saturated carbocycles. The number of aromatic nitrogens is 1. The average Bonchev–Trinajstić information content (AvgIpc) is 3.21. The summed E-state index contributed by atoms with van der Waals surface area (Å²) in [5.41, 5.74) is 1.49. The Morgan fingerprint density at radius 3 is 2.55 bits per heavy atom. The number of methoxy groups -OCH3 is 1. The molecule has 0 atom stereocenters. The standard InChI is InChI=1S/C23H27N3O3/c1-29-20-10-8-19(9-11-20)26-22(28)16-25(17-23(26)13-3-4-14-23)21(27)12-7-18-6-2-5-15-24-18/h2,5-6,8-11,15H,3-4,7,12-14,16-17H2,1H3. The summed E-state index contributed by atoms with van der Waals surface area (Å²) in [6, 6.07) is 13.4. The van der Waals surface area contributed by atoms with Crippen LogP contribution in [0.25, 0.3) is 0 Å². The van der Waals surface area contributed by atoms with Crippen molar-refractivity contribution in [1.29, 1.82) is 0 Å². The van der Waals surface area contributed by atoms with E-state index in [9.17, 15) is 9.59 Å². The van der Waals surface area contributed by atoms with Gasteiger partial charge in [0, 0.05) is 30.5 Å². The van der Waals surface area contributed by atoms with Crippen molar-refractivity contribution in [3.05, 3.63) is 54.4 Å². The number of ether oxygens (including phenoxy) is 1. The van der Waals surface area contributed by atoms with Gasteiger partial charge in [-0.25, -0.2) is 0 Å². The molecule has 0 N–H and O–H groups in total. The van der Waals surface area contributed by atoms with Crippen LogP contribution in [0.15, 0.2) is 48.7 Å². The summed E-state index contributed by atoms with van der Waals surface area (Å²) < 4.78 is 5.25. The molecule has 2 fully saturated rings. The third-order valence-electron chi connectivity index (χ3n) is 6.07. The van der Waals surface area contributed by atoms with Gasteiger partial charge in [0.25, 0.3) is 0 Å². The number of hydrogen-bond acceptors (Lipinski definition) is 4. The Hall–Kier alpha value is -2.89. The molecule has 1 aliphatic carbocycles. The molecule has 1 aromatic heterocycles. The van der Waals surface area contributed by atoms with Gasteiger partial charge in [0.05, 0.1) is 12.6 Å². The number of piperazine rings is 1. The third-order valence-corrected chi connectivity index (χ3v) is 6.07. The van der Waals surface area contributed by atoms with Gasteiger partial charge in [-0.15, -0.1) is 0 Å². The third kappa shape index (κ3) is 3.97. The highest BCUT2D eigenvalue weighted by molar-refractivity contribution is 5.99. The first-order chi connectivity index (χ1) is 14.1. The van der Waals surface area contributed by atoms with Crippen LogP contribution in [0.3, 0.4) is 0 Å². The predicted molar refractivity (Wildman–Crippen MR) is 111 cm³/mol. The zero-order chi connectivity index (χ0) is 20.3. The fourth-order valence-corrected chi connectivity index (χ4v) is 4.66. The minimum Gasteiger partial charge on any atom is -0.497 e. The van der Waals surface area contributed by atoms with E-state index in [2.05, 4.69) is 4.98 Å². The molecule has 152 valence electrons. The maximum absolute atomic E-state index is 13.2. The van der Waals surface area contributed by atoms with Crippen molar-refractivity contribution in [2.45, 2.75) is 44.1 Å². The first-order valence-corrected chi connectivity index (χ1v) is 10.3. The van der Waals surface area contributed by atoms with Crippen LogP contribution in [-0.2, 0) is 16.0 Å². The maximum Gasteiger partial charge on any atom is 0.247 e. The van der Waals surface area contributed by atoms with Crippen LogP contribution in [0, 0.1) is 0 Å². The van der Waals surface area contributed by atoms with Crippen LogP contribution >= 0.6 is 0 Å². The van der Waals surface area contributed by atoms with Crippen molar-refractivity contribution < 1.29 is 14.3 Å². The van der Waals surface area contributed by atoms with Crippen molar-refractivity contribution >= 4 is 17.5 Å². The lowest BCUT2D eigenvalue weighted by atomic mass is 9.90. The fourth-order valence-electron chi connectivity index (χ4n) is 4.66. The predicted octanol–water partition coefficient (Wildman–Crippen LogP) is 3.21. The highest BCUT2D eigenvalue weighted by Crippen LogP contribution is 2.41.